The predicted octanol–water partition coefficient (Wildman–Crippen LogP) is 1.22. The molecule has 1 unspecified atom stereocenters. The molecule has 1 atom stereocenters. The predicted molar refractivity (Wildman–Crippen MR) is 75.6 cm³/mol. The smallest absolute Gasteiger partial charge is 0.234 e. The van der Waals surface area contributed by atoms with Gasteiger partial charge in [-0.1, -0.05) is 6.92 Å². The van der Waals surface area contributed by atoms with E-state index in [4.69, 9.17) is 0 Å². The first kappa shape index (κ1) is 15.4. The largest absolute Gasteiger partial charge is 0.355 e. The van der Waals surface area contributed by atoms with Gasteiger partial charge in [0.1, 0.15) is 0 Å². The Balaban J connectivity index is 2.36. The molecular weight excluding hydrogens is 226 g/mol. The highest BCUT2D eigenvalue weighted by Gasteiger charge is 2.20. The fourth-order valence-electron chi connectivity index (χ4n) is 2.37. The van der Waals surface area contributed by atoms with E-state index in [1.165, 1.54) is 12.8 Å². The van der Waals surface area contributed by atoms with Crippen LogP contribution in [-0.2, 0) is 4.79 Å². The van der Waals surface area contributed by atoms with Crippen molar-refractivity contribution in [1.29, 1.82) is 0 Å². The molecule has 0 radical (unpaired) electrons. The molecule has 1 aliphatic rings. The third-order valence-corrected chi connectivity index (χ3v) is 3.54. The van der Waals surface area contributed by atoms with Gasteiger partial charge in [-0.15, -0.1) is 0 Å². The van der Waals surface area contributed by atoms with Crippen LogP contribution in [0.25, 0.3) is 0 Å². The molecule has 1 amide bonds. The standard InChI is InChI=1S/C14H29N3O/c1-4-7-16-14(18)11-17(12(2)3)10-13-6-5-8-15-9-13/h12-13,15H,4-11H2,1-3H3,(H,16,18). The van der Waals surface area contributed by atoms with Gasteiger partial charge in [-0.3, -0.25) is 9.69 Å². The van der Waals surface area contributed by atoms with Crippen molar-refractivity contribution in [3.05, 3.63) is 0 Å². The van der Waals surface area contributed by atoms with E-state index in [0.29, 0.717) is 18.5 Å². The van der Waals surface area contributed by atoms with Crippen LogP contribution in [0.3, 0.4) is 0 Å². The molecule has 1 aliphatic heterocycles. The number of amides is 1. The molecule has 0 aliphatic carbocycles. The average Bonchev–Trinajstić information content (AvgIpc) is 2.36. The summed E-state index contributed by atoms with van der Waals surface area (Å²) >= 11 is 0. The van der Waals surface area contributed by atoms with Crippen molar-refractivity contribution in [3.8, 4) is 0 Å². The van der Waals surface area contributed by atoms with E-state index in [1.54, 1.807) is 0 Å². The highest BCUT2D eigenvalue weighted by molar-refractivity contribution is 5.78. The fourth-order valence-corrected chi connectivity index (χ4v) is 2.37. The maximum absolute atomic E-state index is 11.8. The van der Waals surface area contributed by atoms with Crippen LogP contribution in [0.5, 0.6) is 0 Å². The number of rotatable bonds is 7. The van der Waals surface area contributed by atoms with Crippen molar-refractivity contribution in [3.63, 3.8) is 0 Å². The van der Waals surface area contributed by atoms with Crippen LogP contribution in [0.1, 0.15) is 40.0 Å². The molecule has 18 heavy (non-hydrogen) atoms. The van der Waals surface area contributed by atoms with Gasteiger partial charge < -0.3 is 10.6 Å². The average molecular weight is 255 g/mol. The van der Waals surface area contributed by atoms with Crippen LogP contribution in [0, 0.1) is 5.92 Å². The summed E-state index contributed by atoms with van der Waals surface area (Å²) in [7, 11) is 0. The second-order valence-corrected chi connectivity index (χ2v) is 5.59. The first-order chi connectivity index (χ1) is 8.63. The van der Waals surface area contributed by atoms with E-state index in [0.717, 1.165) is 32.6 Å². The van der Waals surface area contributed by atoms with Crippen LogP contribution >= 0.6 is 0 Å². The SMILES string of the molecule is CCCNC(=O)CN(CC1CCCNC1)C(C)C. The maximum atomic E-state index is 11.8. The number of carbonyl (C=O) groups is 1. The van der Waals surface area contributed by atoms with Crippen LogP contribution in [0.2, 0.25) is 0 Å². The Morgan fingerprint density at radius 2 is 2.28 bits per heavy atom. The molecule has 1 rings (SSSR count). The molecule has 0 bridgehead atoms. The number of nitrogens with one attached hydrogen (secondary N) is 2. The maximum Gasteiger partial charge on any atom is 0.234 e. The Morgan fingerprint density at radius 3 is 2.83 bits per heavy atom. The van der Waals surface area contributed by atoms with Gasteiger partial charge in [-0.2, -0.15) is 0 Å². The number of hydrogen-bond acceptors (Lipinski definition) is 3. The zero-order valence-electron chi connectivity index (χ0n) is 12.2. The highest BCUT2D eigenvalue weighted by atomic mass is 16.2. The number of piperidine rings is 1. The molecule has 0 aromatic rings. The number of hydrogen-bond donors (Lipinski definition) is 2. The van der Waals surface area contributed by atoms with Gasteiger partial charge in [0, 0.05) is 19.1 Å². The minimum Gasteiger partial charge on any atom is -0.355 e. The Bertz CT molecular complexity index is 237. The van der Waals surface area contributed by atoms with Crippen LogP contribution in [0.4, 0.5) is 0 Å². The lowest BCUT2D eigenvalue weighted by molar-refractivity contribution is -0.122. The monoisotopic (exact) mass is 255 g/mol. The zero-order valence-corrected chi connectivity index (χ0v) is 12.2. The lowest BCUT2D eigenvalue weighted by Crippen LogP contribution is -2.45. The summed E-state index contributed by atoms with van der Waals surface area (Å²) in [6, 6.07) is 0.430. The minimum atomic E-state index is 0.161. The normalized spacial score (nSPS) is 20.4. The highest BCUT2D eigenvalue weighted by Crippen LogP contribution is 2.13. The van der Waals surface area contributed by atoms with Crippen molar-refractivity contribution in [1.82, 2.24) is 15.5 Å². The molecule has 106 valence electrons. The Morgan fingerprint density at radius 1 is 1.50 bits per heavy atom. The number of nitrogens with zero attached hydrogens (tertiary/aromatic N) is 1. The summed E-state index contributed by atoms with van der Waals surface area (Å²) in [5, 5.41) is 6.40. The van der Waals surface area contributed by atoms with Crippen molar-refractivity contribution in [2.75, 3.05) is 32.7 Å². The van der Waals surface area contributed by atoms with Crippen molar-refractivity contribution in [2.45, 2.75) is 46.1 Å². The summed E-state index contributed by atoms with van der Waals surface area (Å²) in [5.41, 5.74) is 0. The molecule has 4 nitrogen and oxygen atoms in total. The summed E-state index contributed by atoms with van der Waals surface area (Å²) < 4.78 is 0. The van der Waals surface area contributed by atoms with Gasteiger partial charge in [0.15, 0.2) is 0 Å². The van der Waals surface area contributed by atoms with Gasteiger partial charge in [0.2, 0.25) is 5.91 Å². The fraction of sp³-hybridized carbons (Fsp3) is 0.929. The molecule has 2 N–H and O–H groups in total. The van der Waals surface area contributed by atoms with Gasteiger partial charge in [0.05, 0.1) is 6.54 Å². The third kappa shape index (κ3) is 5.83. The molecule has 1 heterocycles. The van der Waals surface area contributed by atoms with E-state index < -0.39 is 0 Å². The summed E-state index contributed by atoms with van der Waals surface area (Å²) in [4.78, 5) is 14.1. The number of carbonyl (C=O) groups excluding carboxylic acids is 1. The lowest BCUT2D eigenvalue weighted by atomic mass is 9.98. The second-order valence-electron chi connectivity index (χ2n) is 5.59. The zero-order chi connectivity index (χ0) is 13.4. The third-order valence-electron chi connectivity index (χ3n) is 3.54. The Labute approximate surface area is 111 Å². The van der Waals surface area contributed by atoms with Crippen molar-refractivity contribution >= 4 is 5.91 Å². The molecule has 0 aromatic carbocycles. The molecule has 0 aromatic heterocycles. The molecule has 1 fully saturated rings. The quantitative estimate of drug-likeness (QED) is 0.719. The molecule has 1 saturated heterocycles. The van der Waals surface area contributed by atoms with Gasteiger partial charge in [0.25, 0.3) is 0 Å². The Hall–Kier alpha value is -0.610. The minimum absolute atomic E-state index is 0.161. The molecule has 4 heteroatoms. The van der Waals surface area contributed by atoms with E-state index in [2.05, 4.69) is 36.3 Å². The lowest BCUT2D eigenvalue weighted by Gasteiger charge is -2.32. The summed E-state index contributed by atoms with van der Waals surface area (Å²) in [6.45, 7) is 11.0. The van der Waals surface area contributed by atoms with E-state index in [1.807, 2.05) is 0 Å². The van der Waals surface area contributed by atoms with E-state index in [9.17, 15) is 4.79 Å². The van der Waals surface area contributed by atoms with Crippen molar-refractivity contribution in [2.24, 2.45) is 5.92 Å². The summed E-state index contributed by atoms with van der Waals surface area (Å²) in [6.07, 6.45) is 3.55. The molecular formula is C14H29N3O. The summed E-state index contributed by atoms with van der Waals surface area (Å²) in [5.74, 6) is 0.856. The van der Waals surface area contributed by atoms with Crippen molar-refractivity contribution < 1.29 is 4.79 Å². The van der Waals surface area contributed by atoms with Gasteiger partial charge >= 0.3 is 0 Å². The van der Waals surface area contributed by atoms with Gasteiger partial charge in [-0.25, -0.2) is 0 Å². The topological polar surface area (TPSA) is 44.4 Å². The second kappa shape index (κ2) is 8.48. The Kier molecular flexibility index (Phi) is 7.28. The molecule has 0 saturated carbocycles. The van der Waals surface area contributed by atoms with E-state index >= 15 is 0 Å². The van der Waals surface area contributed by atoms with Gasteiger partial charge in [-0.05, 0) is 52.1 Å². The first-order valence-corrected chi connectivity index (χ1v) is 7.35. The van der Waals surface area contributed by atoms with Crippen LogP contribution in [0.15, 0.2) is 0 Å². The van der Waals surface area contributed by atoms with Crippen LogP contribution < -0.4 is 10.6 Å². The molecule has 0 spiro atoms. The van der Waals surface area contributed by atoms with E-state index in [-0.39, 0.29) is 5.91 Å². The van der Waals surface area contributed by atoms with Crippen LogP contribution in [-0.4, -0.2) is 49.6 Å². The first-order valence-electron chi connectivity index (χ1n) is 7.35.